The van der Waals surface area contributed by atoms with Gasteiger partial charge in [-0.25, -0.2) is 4.79 Å². The molecule has 0 spiro atoms. The van der Waals surface area contributed by atoms with Crippen LogP contribution in [-0.2, 0) is 6.54 Å². The molecule has 24 heavy (non-hydrogen) atoms. The maximum Gasteiger partial charge on any atom is 0.321 e. The van der Waals surface area contributed by atoms with E-state index < -0.39 is 0 Å². The molecule has 0 aliphatic carbocycles. The van der Waals surface area contributed by atoms with Crippen LogP contribution in [0.25, 0.3) is 0 Å². The highest BCUT2D eigenvalue weighted by Gasteiger charge is 2.21. The summed E-state index contributed by atoms with van der Waals surface area (Å²) < 4.78 is 5.12. The van der Waals surface area contributed by atoms with E-state index in [1.165, 1.54) is 0 Å². The third-order valence-electron chi connectivity index (χ3n) is 4.11. The molecule has 0 saturated carbocycles. The predicted molar refractivity (Wildman–Crippen MR) is 93.1 cm³/mol. The molecule has 2 aromatic rings. The van der Waals surface area contributed by atoms with Crippen molar-refractivity contribution < 1.29 is 9.53 Å². The summed E-state index contributed by atoms with van der Waals surface area (Å²) in [5.74, 6) is 0.774. The summed E-state index contributed by atoms with van der Waals surface area (Å²) in [7, 11) is 1.62. The maximum absolute atomic E-state index is 12.3. The third-order valence-corrected chi connectivity index (χ3v) is 4.11. The van der Waals surface area contributed by atoms with Crippen molar-refractivity contribution >= 4 is 11.7 Å². The number of nitrogens with one attached hydrogen (secondary N) is 1. The fourth-order valence-corrected chi connectivity index (χ4v) is 2.71. The van der Waals surface area contributed by atoms with Gasteiger partial charge in [0.05, 0.1) is 12.8 Å². The van der Waals surface area contributed by atoms with Crippen LogP contribution >= 0.6 is 0 Å². The summed E-state index contributed by atoms with van der Waals surface area (Å²) in [5.41, 5.74) is 1.84. The molecule has 2 heterocycles. The molecule has 0 radical (unpaired) electrons. The van der Waals surface area contributed by atoms with Crippen molar-refractivity contribution in [1.82, 2.24) is 14.8 Å². The molecule has 6 heteroatoms. The molecule has 1 aliphatic heterocycles. The fraction of sp³-hybridized carbons (Fsp3) is 0.333. The standard InChI is InChI=1S/C18H22N4O2/c1-24-17-7-5-15(6-8-17)20-18(23)22-12-10-21(11-13-22)14-16-4-2-3-9-19-16/h2-9H,10-14H2,1H3,(H,20,23). The van der Waals surface area contributed by atoms with Crippen LogP contribution in [0.4, 0.5) is 10.5 Å². The number of rotatable bonds is 4. The van der Waals surface area contributed by atoms with Crippen molar-refractivity contribution in [2.75, 3.05) is 38.6 Å². The van der Waals surface area contributed by atoms with Gasteiger partial charge in [0.25, 0.3) is 0 Å². The minimum Gasteiger partial charge on any atom is -0.497 e. The lowest BCUT2D eigenvalue weighted by molar-refractivity contribution is 0.142. The zero-order chi connectivity index (χ0) is 16.8. The summed E-state index contributed by atoms with van der Waals surface area (Å²) >= 11 is 0. The van der Waals surface area contributed by atoms with E-state index in [0.717, 1.165) is 49.9 Å². The second-order valence-electron chi connectivity index (χ2n) is 5.74. The van der Waals surface area contributed by atoms with Gasteiger partial charge in [-0.3, -0.25) is 9.88 Å². The van der Waals surface area contributed by atoms with Crippen LogP contribution in [0, 0.1) is 0 Å². The Morgan fingerprint density at radius 1 is 1.12 bits per heavy atom. The van der Waals surface area contributed by atoms with Crippen LogP contribution in [-0.4, -0.2) is 54.1 Å². The number of methoxy groups -OCH3 is 1. The lowest BCUT2D eigenvalue weighted by Gasteiger charge is -2.34. The first-order valence-corrected chi connectivity index (χ1v) is 8.07. The van der Waals surface area contributed by atoms with Gasteiger partial charge in [-0.1, -0.05) is 6.07 Å². The fourth-order valence-electron chi connectivity index (χ4n) is 2.71. The molecule has 6 nitrogen and oxygen atoms in total. The molecule has 1 N–H and O–H groups in total. The Morgan fingerprint density at radius 2 is 1.88 bits per heavy atom. The van der Waals surface area contributed by atoms with E-state index in [1.807, 2.05) is 53.6 Å². The molecular formula is C18H22N4O2. The van der Waals surface area contributed by atoms with Crippen LogP contribution in [0.1, 0.15) is 5.69 Å². The van der Waals surface area contributed by atoms with Crippen molar-refractivity contribution in [2.45, 2.75) is 6.54 Å². The lowest BCUT2D eigenvalue weighted by atomic mass is 10.2. The zero-order valence-corrected chi connectivity index (χ0v) is 13.8. The molecule has 2 amide bonds. The van der Waals surface area contributed by atoms with Gasteiger partial charge < -0.3 is 15.0 Å². The predicted octanol–water partition coefficient (Wildman–Crippen LogP) is 2.44. The minimum atomic E-state index is -0.0577. The maximum atomic E-state index is 12.3. The highest BCUT2D eigenvalue weighted by atomic mass is 16.5. The zero-order valence-electron chi connectivity index (χ0n) is 13.8. The van der Waals surface area contributed by atoms with E-state index in [1.54, 1.807) is 7.11 Å². The van der Waals surface area contributed by atoms with Gasteiger partial charge in [-0.05, 0) is 36.4 Å². The number of carbonyl (C=O) groups is 1. The Bertz CT molecular complexity index is 652. The SMILES string of the molecule is COc1ccc(NC(=O)N2CCN(Cc3ccccn3)CC2)cc1. The first-order valence-electron chi connectivity index (χ1n) is 8.07. The Balaban J connectivity index is 1.47. The van der Waals surface area contributed by atoms with Crippen LogP contribution in [0.15, 0.2) is 48.7 Å². The quantitative estimate of drug-likeness (QED) is 0.937. The molecule has 1 saturated heterocycles. The number of amides is 2. The summed E-state index contributed by atoms with van der Waals surface area (Å²) in [6.07, 6.45) is 1.81. The number of pyridine rings is 1. The third kappa shape index (κ3) is 4.23. The van der Waals surface area contributed by atoms with Crippen LogP contribution in [0.2, 0.25) is 0 Å². The number of nitrogens with zero attached hydrogens (tertiary/aromatic N) is 3. The Kier molecular flexibility index (Phi) is 5.28. The molecule has 1 aliphatic rings. The lowest BCUT2D eigenvalue weighted by Crippen LogP contribution is -2.49. The number of hydrogen-bond donors (Lipinski definition) is 1. The van der Waals surface area contributed by atoms with E-state index in [4.69, 9.17) is 4.74 Å². The van der Waals surface area contributed by atoms with E-state index in [2.05, 4.69) is 15.2 Å². The Hall–Kier alpha value is -2.60. The van der Waals surface area contributed by atoms with Gasteiger partial charge in [0.15, 0.2) is 0 Å². The summed E-state index contributed by atoms with van der Waals surface area (Å²) in [5, 5.41) is 2.93. The average molecular weight is 326 g/mol. The van der Waals surface area contributed by atoms with Crippen molar-refractivity contribution in [3.8, 4) is 5.75 Å². The molecule has 0 atom stereocenters. The minimum absolute atomic E-state index is 0.0577. The highest BCUT2D eigenvalue weighted by Crippen LogP contribution is 2.16. The molecule has 1 fully saturated rings. The summed E-state index contributed by atoms with van der Waals surface area (Å²) in [4.78, 5) is 20.9. The smallest absolute Gasteiger partial charge is 0.321 e. The first kappa shape index (κ1) is 16.3. The van der Waals surface area contributed by atoms with Gasteiger partial charge in [-0.15, -0.1) is 0 Å². The molecular weight excluding hydrogens is 304 g/mol. The van der Waals surface area contributed by atoms with Crippen molar-refractivity contribution in [1.29, 1.82) is 0 Å². The number of urea groups is 1. The van der Waals surface area contributed by atoms with Crippen molar-refractivity contribution in [3.05, 3.63) is 54.4 Å². The molecule has 3 rings (SSSR count). The number of anilines is 1. The van der Waals surface area contributed by atoms with Gasteiger partial charge in [0.1, 0.15) is 5.75 Å². The van der Waals surface area contributed by atoms with E-state index in [9.17, 15) is 4.79 Å². The van der Waals surface area contributed by atoms with Gasteiger partial charge in [-0.2, -0.15) is 0 Å². The molecule has 0 unspecified atom stereocenters. The van der Waals surface area contributed by atoms with Crippen LogP contribution in [0.3, 0.4) is 0 Å². The summed E-state index contributed by atoms with van der Waals surface area (Å²) in [6.45, 7) is 3.97. The second kappa shape index (κ2) is 7.79. The molecule has 0 bridgehead atoms. The largest absolute Gasteiger partial charge is 0.497 e. The normalized spacial score (nSPS) is 15.1. The van der Waals surface area contributed by atoms with Crippen molar-refractivity contribution in [3.63, 3.8) is 0 Å². The van der Waals surface area contributed by atoms with Crippen molar-refractivity contribution in [2.24, 2.45) is 0 Å². The number of benzene rings is 1. The van der Waals surface area contributed by atoms with Crippen LogP contribution < -0.4 is 10.1 Å². The van der Waals surface area contributed by atoms with E-state index in [-0.39, 0.29) is 6.03 Å². The highest BCUT2D eigenvalue weighted by molar-refractivity contribution is 5.89. The Morgan fingerprint density at radius 3 is 2.50 bits per heavy atom. The second-order valence-corrected chi connectivity index (χ2v) is 5.74. The topological polar surface area (TPSA) is 57.7 Å². The molecule has 126 valence electrons. The van der Waals surface area contributed by atoms with Gasteiger partial charge in [0, 0.05) is 44.6 Å². The van der Waals surface area contributed by atoms with Gasteiger partial charge in [0.2, 0.25) is 0 Å². The number of hydrogen-bond acceptors (Lipinski definition) is 4. The van der Waals surface area contributed by atoms with Gasteiger partial charge >= 0.3 is 6.03 Å². The van der Waals surface area contributed by atoms with Crippen LogP contribution in [0.5, 0.6) is 5.75 Å². The monoisotopic (exact) mass is 326 g/mol. The number of carbonyl (C=O) groups excluding carboxylic acids is 1. The van der Waals surface area contributed by atoms with E-state index in [0.29, 0.717) is 0 Å². The number of piperazine rings is 1. The number of aromatic nitrogens is 1. The average Bonchev–Trinajstić information content (AvgIpc) is 2.64. The first-order chi connectivity index (χ1) is 11.7. The Labute approximate surface area is 142 Å². The molecule has 1 aromatic carbocycles. The molecule has 1 aromatic heterocycles. The number of ether oxygens (including phenoxy) is 1. The van der Waals surface area contributed by atoms with E-state index >= 15 is 0 Å². The summed E-state index contributed by atoms with van der Waals surface area (Å²) in [6, 6.07) is 13.2.